The first-order valence-corrected chi connectivity index (χ1v) is 8.52. The average molecular weight is 359 g/mol. The van der Waals surface area contributed by atoms with E-state index in [9.17, 15) is 10.1 Å². The number of non-ortho nitro benzene ring substituents is 1. The first-order chi connectivity index (χ1) is 13.1. The van der Waals surface area contributed by atoms with Gasteiger partial charge in [-0.25, -0.2) is 9.67 Å². The molecule has 1 N–H and O–H groups in total. The molecule has 7 heteroatoms. The normalized spacial score (nSPS) is 12.0. The van der Waals surface area contributed by atoms with Crippen molar-refractivity contribution in [1.82, 2.24) is 14.8 Å². The minimum Gasteiger partial charge on any atom is -0.364 e. The van der Waals surface area contributed by atoms with Crippen LogP contribution in [-0.2, 0) is 0 Å². The number of nitrogens with one attached hydrogen (secondary N) is 1. The van der Waals surface area contributed by atoms with Crippen molar-refractivity contribution in [3.8, 4) is 5.69 Å². The van der Waals surface area contributed by atoms with E-state index in [1.54, 1.807) is 12.3 Å². The number of fused-ring (bicyclic) bond motifs is 1. The number of hydrogen-bond donors (Lipinski definition) is 1. The van der Waals surface area contributed by atoms with Crippen LogP contribution in [0.3, 0.4) is 0 Å². The van der Waals surface area contributed by atoms with E-state index in [1.165, 1.54) is 12.1 Å². The lowest BCUT2D eigenvalue weighted by Crippen LogP contribution is -2.08. The van der Waals surface area contributed by atoms with Crippen molar-refractivity contribution in [2.75, 3.05) is 5.32 Å². The third-order valence-corrected chi connectivity index (χ3v) is 4.41. The molecule has 2 aromatic carbocycles. The molecule has 1 unspecified atom stereocenters. The molecule has 0 aliphatic carbocycles. The smallest absolute Gasteiger partial charge is 0.270 e. The number of hydrogen-bond acceptors (Lipinski definition) is 5. The van der Waals surface area contributed by atoms with Crippen LogP contribution >= 0.6 is 0 Å². The van der Waals surface area contributed by atoms with Crippen LogP contribution < -0.4 is 5.32 Å². The molecule has 0 radical (unpaired) electrons. The maximum atomic E-state index is 10.9. The maximum Gasteiger partial charge on any atom is 0.270 e. The van der Waals surface area contributed by atoms with E-state index in [4.69, 9.17) is 0 Å². The van der Waals surface area contributed by atoms with Crippen LogP contribution in [0.2, 0.25) is 0 Å². The first kappa shape index (κ1) is 16.7. The zero-order valence-electron chi connectivity index (χ0n) is 14.6. The molecule has 0 aliphatic heterocycles. The van der Waals surface area contributed by atoms with Crippen LogP contribution in [-0.4, -0.2) is 19.7 Å². The second-order valence-electron chi connectivity index (χ2n) is 6.24. The molecule has 4 rings (SSSR count). The number of nitro benzene ring substituents is 1. The van der Waals surface area contributed by atoms with Gasteiger partial charge in [-0.3, -0.25) is 10.1 Å². The van der Waals surface area contributed by atoms with E-state index < -0.39 is 4.92 Å². The standard InChI is InChI=1S/C20H17N5O2/c1-14(15-3-6-17(7-4-15)24-12-2-11-21-24)22-20-10-5-16-13-18(25(26)27)8-9-19(16)23-20/h2-14H,1H3,(H,22,23). The summed E-state index contributed by atoms with van der Waals surface area (Å²) in [7, 11) is 0. The predicted octanol–water partition coefficient (Wildman–Crippen LogP) is 4.50. The van der Waals surface area contributed by atoms with E-state index in [-0.39, 0.29) is 11.7 Å². The molecule has 134 valence electrons. The van der Waals surface area contributed by atoms with Crippen LogP contribution in [0.1, 0.15) is 18.5 Å². The third-order valence-electron chi connectivity index (χ3n) is 4.41. The highest BCUT2D eigenvalue weighted by molar-refractivity contribution is 5.82. The Labute approximate surface area is 155 Å². The zero-order chi connectivity index (χ0) is 18.8. The monoisotopic (exact) mass is 359 g/mol. The summed E-state index contributed by atoms with van der Waals surface area (Å²) in [6.07, 6.45) is 3.65. The van der Waals surface area contributed by atoms with E-state index in [0.717, 1.165) is 22.5 Å². The highest BCUT2D eigenvalue weighted by Gasteiger charge is 2.10. The molecule has 0 saturated carbocycles. The van der Waals surface area contributed by atoms with Crippen molar-refractivity contribution in [2.45, 2.75) is 13.0 Å². The summed E-state index contributed by atoms with van der Waals surface area (Å²) >= 11 is 0. The van der Waals surface area contributed by atoms with Gasteiger partial charge in [0.2, 0.25) is 0 Å². The van der Waals surface area contributed by atoms with Gasteiger partial charge in [-0.1, -0.05) is 12.1 Å². The Balaban J connectivity index is 1.52. The lowest BCUT2D eigenvalue weighted by atomic mass is 10.1. The molecule has 0 bridgehead atoms. The molecule has 0 fully saturated rings. The Morgan fingerprint density at radius 1 is 1.11 bits per heavy atom. The van der Waals surface area contributed by atoms with Gasteiger partial charge >= 0.3 is 0 Å². The molecule has 2 heterocycles. The van der Waals surface area contributed by atoms with Crippen molar-refractivity contribution in [2.24, 2.45) is 0 Å². The summed E-state index contributed by atoms with van der Waals surface area (Å²) in [5, 5.41) is 19.2. The van der Waals surface area contributed by atoms with Gasteiger partial charge in [0.15, 0.2) is 0 Å². The van der Waals surface area contributed by atoms with Crippen LogP contribution in [0.15, 0.2) is 73.1 Å². The van der Waals surface area contributed by atoms with Gasteiger partial charge in [0.25, 0.3) is 5.69 Å². The SMILES string of the molecule is CC(Nc1ccc2cc([N+](=O)[O-])ccc2n1)c1ccc(-n2cccn2)cc1. The van der Waals surface area contributed by atoms with Crippen molar-refractivity contribution < 1.29 is 4.92 Å². The van der Waals surface area contributed by atoms with Gasteiger partial charge in [-0.2, -0.15) is 5.10 Å². The second kappa shape index (κ2) is 6.87. The van der Waals surface area contributed by atoms with Gasteiger partial charge in [-0.15, -0.1) is 0 Å². The van der Waals surface area contributed by atoms with Gasteiger partial charge < -0.3 is 5.32 Å². The Bertz CT molecular complexity index is 1090. The van der Waals surface area contributed by atoms with Crippen molar-refractivity contribution in [1.29, 1.82) is 0 Å². The lowest BCUT2D eigenvalue weighted by molar-refractivity contribution is -0.384. The summed E-state index contributed by atoms with van der Waals surface area (Å²) in [4.78, 5) is 15.0. The van der Waals surface area contributed by atoms with E-state index in [1.807, 2.05) is 41.2 Å². The van der Waals surface area contributed by atoms with E-state index in [0.29, 0.717) is 5.52 Å². The fraction of sp³-hybridized carbons (Fsp3) is 0.100. The Morgan fingerprint density at radius 2 is 1.93 bits per heavy atom. The molecule has 0 amide bonds. The summed E-state index contributed by atoms with van der Waals surface area (Å²) in [6.45, 7) is 2.06. The van der Waals surface area contributed by atoms with Crippen LogP contribution in [0.4, 0.5) is 11.5 Å². The molecule has 0 spiro atoms. The molecule has 2 aromatic heterocycles. The minimum absolute atomic E-state index is 0.0552. The summed E-state index contributed by atoms with van der Waals surface area (Å²) in [6, 6.07) is 18.4. The average Bonchev–Trinajstić information content (AvgIpc) is 3.22. The highest BCUT2D eigenvalue weighted by Crippen LogP contribution is 2.24. The predicted molar refractivity (Wildman–Crippen MR) is 104 cm³/mol. The molecule has 27 heavy (non-hydrogen) atoms. The van der Waals surface area contributed by atoms with E-state index >= 15 is 0 Å². The van der Waals surface area contributed by atoms with E-state index in [2.05, 4.69) is 34.5 Å². The minimum atomic E-state index is -0.402. The van der Waals surface area contributed by atoms with Crippen LogP contribution in [0.5, 0.6) is 0 Å². The van der Waals surface area contributed by atoms with Gasteiger partial charge in [0.05, 0.1) is 16.1 Å². The quantitative estimate of drug-likeness (QED) is 0.419. The number of nitro groups is 1. The number of pyridine rings is 1. The summed E-state index contributed by atoms with van der Waals surface area (Å²) < 4.78 is 1.81. The largest absolute Gasteiger partial charge is 0.364 e. The Hall–Kier alpha value is -3.74. The highest BCUT2D eigenvalue weighted by atomic mass is 16.6. The summed E-state index contributed by atoms with van der Waals surface area (Å²) in [5.74, 6) is 0.722. The van der Waals surface area contributed by atoms with Gasteiger partial charge in [0.1, 0.15) is 5.82 Å². The molecular formula is C20H17N5O2. The Kier molecular flexibility index (Phi) is 4.25. The number of rotatable bonds is 5. The zero-order valence-corrected chi connectivity index (χ0v) is 14.6. The van der Waals surface area contributed by atoms with Crippen LogP contribution in [0, 0.1) is 10.1 Å². The van der Waals surface area contributed by atoms with Gasteiger partial charge in [0, 0.05) is 36.0 Å². The topological polar surface area (TPSA) is 85.9 Å². The second-order valence-corrected chi connectivity index (χ2v) is 6.24. The number of benzene rings is 2. The molecule has 7 nitrogen and oxygen atoms in total. The number of anilines is 1. The summed E-state index contributed by atoms with van der Waals surface area (Å²) in [5.41, 5.74) is 2.90. The van der Waals surface area contributed by atoms with Crippen molar-refractivity contribution >= 4 is 22.4 Å². The number of nitrogens with zero attached hydrogens (tertiary/aromatic N) is 4. The lowest BCUT2D eigenvalue weighted by Gasteiger charge is -2.16. The molecule has 1 atom stereocenters. The van der Waals surface area contributed by atoms with Crippen molar-refractivity contribution in [3.63, 3.8) is 0 Å². The van der Waals surface area contributed by atoms with Crippen molar-refractivity contribution in [3.05, 3.63) is 88.7 Å². The molecular weight excluding hydrogens is 342 g/mol. The van der Waals surface area contributed by atoms with Gasteiger partial charge in [-0.05, 0) is 48.9 Å². The fourth-order valence-electron chi connectivity index (χ4n) is 2.95. The maximum absolute atomic E-state index is 10.9. The molecule has 0 saturated heterocycles. The third kappa shape index (κ3) is 3.48. The number of aromatic nitrogens is 3. The molecule has 4 aromatic rings. The first-order valence-electron chi connectivity index (χ1n) is 8.52. The van der Waals surface area contributed by atoms with Crippen LogP contribution in [0.25, 0.3) is 16.6 Å². The fourth-order valence-corrected chi connectivity index (χ4v) is 2.95. The Morgan fingerprint density at radius 3 is 2.63 bits per heavy atom. The molecule has 0 aliphatic rings.